The molecule has 0 spiro atoms. The summed E-state index contributed by atoms with van der Waals surface area (Å²) < 4.78 is 0. The van der Waals surface area contributed by atoms with Crippen LogP contribution in [0.4, 0.5) is 0 Å². The Balaban J connectivity index is 4.23. The zero-order chi connectivity index (χ0) is 12.2. The van der Waals surface area contributed by atoms with Crippen LogP contribution in [-0.2, 0) is 4.79 Å². The second-order valence-corrected chi connectivity index (χ2v) is 5.83. The largest absolute Gasteiger partial charge is 0.303 e. The summed E-state index contributed by atoms with van der Waals surface area (Å²) in [5.74, 6) is 0.981. The molecule has 0 heterocycles. The molecular formula is C13H27NO. The predicted octanol–water partition coefficient (Wildman–Crippen LogP) is 2.97. The summed E-state index contributed by atoms with van der Waals surface area (Å²) in [7, 11) is 2.11. The van der Waals surface area contributed by atoms with Gasteiger partial charge in [0, 0.05) is 18.0 Å². The van der Waals surface area contributed by atoms with Crippen LogP contribution in [0.15, 0.2) is 0 Å². The van der Waals surface area contributed by atoms with Crippen LogP contribution in [0.2, 0.25) is 0 Å². The van der Waals surface area contributed by atoms with Gasteiger partial charge in [0.25, 0.3) is 0 Å². The maximum Gasteiger partial charge on any atom is 0.136 e. The molecule has 1 unspecified atom stereocenters. The highest BCUT2D eigenvalue weighted by atomic mass is 16.1. The van der Waals surface area contributed by atoms with Gasteiger partial charge in [-0.1, -0.05) is 27.7 Å². The van der Waals surface area contributed by atoms with Gasteiger partial charge in [-0.05, 0) is 33.2 Å². The predicted molar refractivity (Wildman–Crippen MR) is 66.0 cm³/mol. The Morgan fingerprint density at radius 1 is 1.27 bits per heavy atom. The van der Waals surface area contributed by atoms with Gasteiger partial charge in [-0.25, -0.2) is 0 Å². The van der Waals surface area contributed by atoms with Crippen LogP contribution in [0.3, 0.4) is 0 Å². The lowest BCUT2D eigenvalue weighted by Gasteiger charge is -2.33. The van der Waals surface area contributed by atoms with E-state index in [0.29, 0.717) is 12.0 Å². The summed E-state index contributed by atoms with van der Waals surface area (Å²) in [6.45, 7) is 13.3. The normalized spacial score (nSPS) is 14.7. The van der Waals surface area contributed by atoms with Crippen molar-refractivity contribution in [1.82, 2.24) is 4.90 Å². The summed E-state index contributed by atoms with van der Waals surface area (Å²) in [6, 6.07) is 0.545. The summed E-state index contributed by atoms with van der Waals surface area (Å²) in [4.78, 5) is 13.7. The maximum absolute atomic E-state index is 11.4. The van der Waals surface area contributed by atoms with Gasteiger partial charge in [0.1, 0.15) is 5.78 Å². The van der Waals surface area contributed by atoms with Crippen LogP contribution < -0.4 is 0 Å². The minimum Gasteiger partial charge on any atom is -0.303 e. The van der Waals surface area contributed by atoms with Crippen LogP contribution in [-0.4, -0.2) is 30.3 Å². The highest BCUT2D eigenvalue weighted by Gasteiger charge is 2.26. The van der Waals surface area contributed by atoms with Crippen LogP contribution >= 0.6 is 0 Å². The van der Waals surface area contributed by atoms with E-state index in [0.717, 1.165) is 6.54 Å². The molecule has 0 fully saturated rings. The SMILES string of the molecule is CC(=O)C(C)(C)CN(C)C(C)CC(C)C. The number of hydrogen-bond donors (Lipinski definition) is 0. The average molecular weight is 213 g/mol. The van der Waals surface area contributed by atoms with E-state index in [1.807, 2.05) is 13.8 Å². The van der Waals surface area contributed by atoms with E-state index in [4.69, 9.17) is 0 Å². The molecule has 90 valence electrons. The van der Waals surface area contributed by atoms with Crippen molar-refractivity contribution in [2.75, 3.05) is 13.6 Å². The van der Waals surface area contributed by atoms with E-state index in [1.54, 1.807) is 6.92 Å². The molecule has 0 amide bonds. The van der Waals surface area contributed by atoms with Crippen LogP contribution in [0.1, 0.15) is 48.0 Å². The molecule has 0 bridgehead atoms. The molecular weight excluding hydrogens is 186 g/mol. The standard InChI is InChI=1S/C13H27NO/c1-10(2)8-11(3)14(7)9-13(5,6)12(4)15/h10-11H,8-9H2,1-7H3. The van der Waals surface area contributed by atoms with E-state index < -0.39 is 0 Å². The van der Waals surface area contributed by atoms with Crippen LogP contribution in [0.5, 0.6) is 0 Å². The number of carbonyl (C=O) groups is 1. The molecule has 15 heavy (non-hydrogen) atoms. The summed E-state index contributed by atoms with van der Waals surface area (Å²) in [6.07, 6.45) is 1.19. The number of ketones is 1. The van der Waals surface area contributed by atoms with Gasteiger partial charge in [0.05, 0.1) is 0 Å². The van der Waals surface area contributed by atoms with Crippen LogP contribution in [0.25, 0.3) is 0 Å². The Morgan fingerprint density at radius 3 is 2.07 bits per heavy atom. The van der Waals surface area contributed by atoms with Gasteiger partial charge in [0.15, 0.2) is 0 Å². The third kappa shape index (κ3) is 5.31. The van der Waals surface area contributed by atoms with Crippen molar-refractivity contribution >= 4 is 5.78 Å². The molecule has 2 heteroatoms. The molecule has 0 aromatic heterocycles. The molecule has 0 radical (unpaired) electrons. The summed E-state index contributed by atoms with van der Waals surface area (Å²) in [5, 5.41) is 0. The molecule has 0 saturated carbocycles. The fraction of sp³-hybridized carbons (Fsp3) is 0.923. The molecule has 0 aliphatic rings. The maximum atomic E-state index is 11.4. The highest BCUT2D eigenvalue weighted by molar-refractivity contribution is 5.81. The minimum absolute atomic E-state index is 0.222. The van der Waals surface area contributed by atoms with Crippen molar-refractivity contribution in [2.24, 2.45) is 11.3 Å². The van der Waals surface area contributed by atoms with Gasteiger partial charge < -0.3 is 4.90 Å². The number of carbonyl (C=O) groups excluding carboxylic acids is 1. The Hall–Kier alpha value is -0.370. The van der Waals surface area contributed by atoms with Crippen molar-refractivity contribution in [1.29, 1.82) is 0 Å². The van der Waals surface area contributed by atoms with Crippen LogP contribution in [0, 0.1) is 11.3 Å². The van der Waals surface area contributed by atoms with Crippen molar-refractivity contribution in [2.45, 2.75) is 54.0 Å². The lowest BCUT2D eigenvalue weighted by Crippen LogP contribution is -2.41. The molecule has 0 N–H and O–H groups in total. The lowest BCUT2D eigenvalue weighted by atomic mass is 9.87. The fourth-order valence-corrected chi connectivity index (χ4v) is 1.75. The van der Waals surface area contributed by atoms with Crippen molar-refractivity contribution in [3.8, 4) is 0 Å². The Labute approximate surface area is 95.0 Å². The molecule has 1 atom stereocenters. The Morgan fingerprint density at radius 2 is 1.73 bits per heavy atom. The minimum atomic E-state index is -0.222. The fourth-order valence-electron chi connectivity index (χ4n) is 1.75. The van der Waals surface area contributed by atoms with Gasteiger partial charge in [-0.15, -0.1) is 0 Å². The number of nitrogens with zero attached hydrogens (tertiary/aromatic N) is 1. The van der Waals surface area contributed by atoms with Gasteiger partial charge >= 0.3 is 0 Å². The van der Waals surface area contributed by atoms with Crippen molar-refractivity contribution in [3.63, 3.8) is 0 Å². The molecule has 2 nitrogen and oxygen atoms in total. The molecule has 0 aromatic carbocycles. The highest BCUT2D eigenvalue weighted by Crippen LogP contribution is 2.20. The van der Waals surface area contributed by atoms with E-state index in [9.17, 15) is 4.79 Å². The molecule has 0 aliphatic heterocycles. The monoisotopic (exact) mass is 213 g/mol. The smallest absolute Gasteiger partial charge is 0.136 e. The van der Waals surface area contributed by atoms with E-state index in [2.05, 4.69) is 32.7 Å². The average Bonchev–Trinajstić information content (AvgIpc) is 2.01. The van der Waals surface area contributed by atoms with Gasteiger partial charge in [-0.3, -0.25) is 4.79 Å². The zero-order valence-electron chi connectivity index (χ0n) is 11.4. The van der Waals surface area contributed by atoms with E-state index in [1.165, 1.54) is 6.42 Å². The molecule has 0 aromatic rings. The van der Waals surface area contributed by atoms with E-state index >= 15 is 0 Å². The lowest BCUT2D eigenvalue weighted by molar-refractivity contribution is -0.125. The topological polar surface area (TPSA) is 20.3 Å². The second-order valence-electron chi connectivity index (χ2n) is 5.83. The number of Topliss-reactive ketones (excluding diaryl/α,β-unsaturated/α-hetero) is 1. The zero-order valence-corrected chi connectivity index (χ0v) is 11.4. The third-order valence-corrected chi connectivity index (χ3v) is 3.16. The first kappa shape index (κ1) is 14.6. The number of rotatable bonds is 6. The molecule has 0 saturated heterocycles. The second kappa shape index (κ2) is 5.64. The first-order valence-electron chi connectivity index (χ1n) is 5.88. The quantitative estimate of drug-likeness (QED) is 0.676. The van der Waals surface area contributed by atoms with Crippen molar-refractivity contribution in [3.05, 3.63) is 0 Å². The van der Waals surface area contributed by atoms with Crippen molar-refractivity contribution < 1.29 is 4.79 Å². The molecule has 0 rings (SSSR count). The summed E-state index contributed by atoms with van der Waals surface area (Å²) >= 11 is 0. The van der Waals surface area contributed by atoms with Gasteiger partial charge in [0.2, 0.25) is 0 Å². The van der Waals surface area contributed by atoms with E-state index in [-0.39, 0.29) is 11.2 Å². The Kier molecular flexibility index (Phi) is 5.50. The first-order valence-corrected chi connectivity index (χ1v) is 5.88. The number of hydrogen-bond acceptors (Lipinski definition) is 2. The Bertz CT molecular complexity index is 209. The summed E-state index contributed by atoms with van der Waals surface area (Å²) in [5.41, 5.74) is -0.222. The third-order valence-electron chi connectivity index (χ3n) is 3.16. The first-order chi connectivity index (χ1) is 6.66. The van der Waals surface area contributed by atoms with Gasteiger partial charge in [-0.2, -0.15) is 0 Å². The molecule has 0 aliphatic carbocycles.